The Morgan fingerprint density at radius 3 is 2.64 bits per heavy atom. The van der Waals surface area contributed by atoms with E-state index >= 15 is 0 Å². The molecule has 74 valence electrons. The lowest BCUT2D eigenvalue weighted by atomic mass is 9.82. The fraction of sp³-hybridized carbons (Fsp3) is 0.700. The largest absolute Gasteiger partial charge is 0.245 e. The lowest BCUT2D eigenvalue weighted by Gasteiger charge is -2.26. The van der Waals surface area contributed by atoms with Gasteiger partial charge in [0.25, 0.3) is 0 Å². The van der Waals surface area contributed by atoms with Gasteiger partial charge in [-0.25, -0.2) is 4.68 Å². The monoisotopic (exact) mass is 190 g/mol. The van der Waals surface area contributed by atoms with Crippen LogP contribution in [0.25, 0.3) is 0 Å². The van der Waals surface area contributed by atoms with Crippen LogP contribution in [-0.2, 0) is 0 Å². The maximum Gasteiger partial charge on any atom is 0.186 e. The van der Waals surface area contributed by atoms with Gasteiger partial charge in [0.2, 0.25) is 0 Å². The summed E-state index contributed by atoms with van der Waals surface area (Å²) in [6.07, 6.45) is 3.61. The van der Waals surface area contributed by atoms with Crippen LogP contribution in [-0.4, -0.2) is 15.0 Å². The Morgan fingerprint density at radius 1 is 1.50 bits per heavy atom. The Bertz CT molecular complexity index is 368. The molecular weight excluding hydrogens is 176 g/mol. The highest BCUT2D eigenvalue weighted by Crippen LogP contribution is 2.37. The molecule has 1 fully saturated rings. The third-order valence-corrected chi connectivity index (χ3v) is 2.82. The number of nitrogens with zero attached hydrogens (tertiary/aromatic N) is 4. The van der Waals surface area contributed by atoms with Crippen molar-refractivity contribution in [3.63, 3.8) is 0 Å². The number of nitriles is 1. The van der Waals surface area contributed by atoms with E-state index in [4.69, 9.17) is 5.26 Å². The zero-order chi connectivity index (χ0) is 10.1. The van der Waals surface area contributed by atoms with Crippen molar-refractivity contribution in [1.29, 1.82) is 5.26 Å². The summed E-state index contributed by atoms with van der Waals surface area (Å²) in [6, 6.07) is 2.42. The molecule has 14 heavy (non-hydrogen) atoms. The van der Waals surface area contributed by atoms with E-state index < -0.39 is 0 Å². The standard InChI is InChI=1S/C10H14N4/c1-7(2)14-10(8-4-3-5-8)9(6-11)12-13-14/h7-8H,3-5H2,1-2H3. The van der Waals surface area contributed by atoms with Crippen LogP contribution in [0.5, 0.6) is 0 Å². The highest BCUT2D eigenvalue weighted by molar-refractivity contribution is 5.29. The van der Waals surface area contributed by atoms with E-state index in [-0.39, 0.29) is 0 Å². The maximum absolute atomic E-state index is 8.92. The van der Waals surface area contributed by atoms with Crippen molar-refractivity contribution in [2.45, 2.75) is 45.1 Å². The lowest BCUT2D eigenvalue weighted by Crippen LogP contribution is -2.17. The number of aromatic nitrogens is 3. The highest BCUT2D eigenvalue weighted by Gasteiger charge is 2.28. The van der Waals surface area contributed by atoms with Gasteiger partial charge in [-0.3, -0.25) is 0 Å². The van der Waals surface area contributed by atoms with Crippen LogP contribution in [0.4, 0.5) is 0 Å². The van der Waals surface area contributed by atoms with Crippen molar-refractivity contribution < 1.29 is 0 Å². The zero-order valence-electron chi connectivity index (χ0n) is 8.56. The molecule has 1 aromatic heterocycles. The first-order valence-corrected chi connectivity index (χ1v) is 5.09. The van der Waals surface area contributed by atoms with Gasteiger partial charge in [-0.2, -0.15) is 5.26 Å². The SMILES string of the molecule is CC(C)n1nnc(C#N)c1C1CCC1. The zero-order valence-corrected chi connectivity index (χ0v) is 8.56. The lowest BCUT2D eigenvalue weighted by molar-refractivity contribution is 0.373. The summed E-state index contributed by atoms with van der Waals surface area (Å²) >= 11 is 0. The molecule has 0 aromatic carbocycles. The van der Waals surface area contributed by atoms with E-state index in [2.05, 4.69) is 30.2 Å². The highest BCUT2D eigenvalue weighted by atomic mass is 15.4. The summed E-state index contributed by atoms with van der Waals surface area (Å²) in [7, 11) is 0. The minimum absolute atomic E-state index is 0.292. The molecule has 0 bridgehead atoms. The summed E-state index contributed by atoms with van der Waals surface area (Å²) in [5.41, 5.74) is 1.57. The molecule has 0 saturated heterocycles. The molecular formula is C10H14N4. The van der Waals surface area contributed by atoms with Gasteiger partial charge < -0.3 is 0 Å². The van der Waals surface area contributed by atoms with Gasteiger partial charge in [0.05, 0.1) is 5.69 Å². The minimum Gasteiger partial charge on any atom is -0.245 e. The summed E-state index contributed by atoms with van der Waals surface area (Å²) < 4.78 is 1.89. The maximum atomic E-state index is 8.92. The molecule has 1 aromatic rings. The Morgan fingerprint density at radius 2 is 2.21 bits per heavy atom. The third kappa shape index (κ3) is 1.29. The van der Waals surface area contributed by atoms with Gasteiger partial charge in [0.15, 0.2) is 5.69 Å². The van der Waals surface area contributed by atoms with Gasteiger partial charge in [-0.15, -0.1) is 5.10 Å². The van der Waals surface area contributed by atoms with Crippen LogP contribution in [0.1, 0.15) is 56.5 Å². The molecule has 4 nitrogen and oxygen atoms in total. The van der Waals surface area contributed by atoms with Crippen molar-refractivity contribution >= 4 is 0 Å². The van der Waals surface area contributed by atoms with Crippen molar-refractivity contribution in [2.75, 3.05) is 0 Å². The molecule has 1 saturated carbocycles. The predicted molar refractivity (Wildman–Crippen MR) is 51.7 cm³/mol. The molecule has 0 radical (unpaired) electrons. The molecule has 0 amide bonds. The van der Waals surface area contributed by atoms with Gasteiger partial charge in [-0.05, 0) is 26.7 Å². The van der Waals surface area contributed by atoms with Crippen LogP contribution in [0.2, 0.25) is 0 Å². The molecule has 1 aliphatic rings. The van der Waals surface area contributed by atoms with E-state index in [1.165, 1.54) is 19.3 Å². The first kappa shape index (κ1) is 9.20. The van der Waals surface area contributed by atoms with Gasteiger partial charge in [0.1, 0.15) is 6.07 Å². The number of hydrogen-bond donors (Lipinski definition) is 0. The molecule has 0 N–H and O–H groups in total. The Balaban J connectivity index is 2.41. The molecule has 4 heteroatoms. The second-order valence-electron chi connectivity index (χ2n) is 4.10. The third-order valence-electron chi connectivity index (χ3n) is 2.82. The van der Waals surface area contributed by atoms with E-state index in [1.54, 1.807) is 0 Å². The number of hydrogen-bond acceptors (Lipinski definition) is 3. The van der Waals surface area contributed by atoms with Crippen LogP contribution >= 0.6 is 0 Å². The molecule has 0 spiro atoms. The first-order chi connectivity index (χ1) is 6.74. The van der Waals surface area contributed by atoms with E-state index in [0.29, 0.717) is 17.7 Å². The summed E-state index contributed by atoms with van der Waals surface area (Å²) in [5, 5.41) is 16.9. The summed E-state index contributed by atoms with van der Waals surface area (Å²) in [6.45, 7) is 4.13. The van der Waals surface area contributed by atoms with E-state index in [0.717, 1.165) is 5.69 Å². The Hall–Kier alpha value is -1.37. The fourth-order valence-corrected chi connectivity index (χ4v) is 1.82. The van der Waals surface area contributed by atoms with Crippen LogP contribution in [0.15, 0.2) is 0 Å². The van der Waals surface area contributed by atoms with Gasteiger partial charge >= 0.3 is 0 Å². The van der Waals surface area contributed by atoms with Crippen molar-refractivity contribution in [2.24, 2.45) is 0 Å². The summed E-state index contributed by atoms with van der Waals surface area (Å²) in [5.74, 6) is 0.516. The minimum atomic E-state index is 0.292. The van der Waals surface area contributed by atoms with Gasteiger partial charge in [-0.1, -0.05) is 11.6 Å². The molecule has 2 rings (SSSR count). The quantitative estimate of drug-likeness (QED) is 0.716. The molecule has 0 atom stereocenters. The average molecular weight is 190 g/mol. The van der Waals surface area contributed by atoms with Crippen LogP contribution in [0.3, 0.4) is 0 Å². The normalized spacial score (nSPS) is 16.7. The second-order valence-corrected chi connectivity index (χ2v) is 4.10. The summed E-state index contributed by atoms with van der Waals surface area (Å²) in [4.78, 5) is 0. The van der Waals surface area contributed by atoms with Gasteiger partial charge in [0, 0.05) is 12.0 Å². The molecule has 0 unspecified atom stereocenters. The molecule has 1 heterocycles. The smallest absolute Gasteiger partial charge is 0.186 e. The topological polar surface area (TPSA) is 54.5 Å². The Kier molecular flexibility index (Phi) is 2.24. The Labute approximate surface area is 83.5 Å². The van der Waals surface area contributed by atoms with Crippen molar-refractivity contribution in [3.8, 4) is 6.07 Å². The van der Waals surface area contributed by atoms with Crippen molar-refractivity contribution in [3.05, 3.63) is 11.4 Å². The predicted octanol–water partition coefficient (Wildman–Crippen LogP) is 2.00. The molecule has 1 aliphatic carbocycles. The number of rotatable bonds is 2. The second kappa shape index (κ2) is 3.41. The fourth-order valence-electron chi connectivity index (χ4n) is 1.82. The van der Waals surface area contributed by atoms with E-state index in [1.807, 2.05) is 4.68 Å². The first-order valence-electron chi connectivity index (χ1n) is 5.09. The van der Waals surface area contributed by atoms with Crippen molar-refractivity contribution in [1.82, 2.24) is 15.0 Å². The van der Waals surface area contributed by atoms with Crippen LogP contribution < -0.4 is 0 Å². The van der Waals surface area contributed by atoms with E-state index in [9.17, 15) is 0 Å². The average Bonchev–Trinajstić information content (AvgIpc) is 2.45. The molecule has 0 aliphatic heterocycles. The van der Waals surface area contributed by atoms with Crippen LogP contribution in [0, 0.1) is 11.3 Å².